The van der Waals surface area contributed by atoms with Crippen LogP contribution >= 0.6 is 35.3 Å². The van der Waals surface area contributed by atoms with E-state index in [1.54, 1.807) is 11.3 Å². The summed E-state index contributed by atoms with van der Waals surface area (Å²) in [6.45, 7) is 8.72. The third-order valence-corrected chi connectivity index (χ3v) is 5.36. The van der Waals surface area contributed by atoms with Crippen LogP contribution in [0.25, 0.3) is 0 Å². The first-order chi connectivity index (χ1) is 11.7. The number of thiophene rings is 1. The predicted octanol–water partition coefficient (Wildman–Crippen LogP) is 3.44. The Morgan fingerprint density at radius 2 is 2.12 bits per heavy atom. The summed E-state index contributed by atoms with van der Waals surface area (Å²) in [5, 5.41) is 5.60. The van der Waals surface area contributed by atoms with Crippen LogP contribution < -0.4 is 5.32 Å². The number of likely N-dealkylation sites (tertiary alicyclic amines) is 1. The third kappa shape index (κ3) is 7.03. The standard InChI is InChI=1S/C18H32N4OS.HI/c1-5-19-18(22-11-9-15(10-12-22)23-6-2)20-14-16(21(3)4)17-8-7-13-24-17;/h7-8,13,15-16H,5-6,9-12,14H2,1-4H3,(H,19,20);1H. The van der Waals surface area contributed by atoms with Gasteiger partial charge in [0.25, 0.3) is 0 Å². The predicted molar refractivity (Wildman–Crippen MR) is 118 cm³/mol. The van der Waals surface area contributed by atoms with Crippen molar-refractivity contribution in [1.82, 2.24) is 15.1 Å². The van der Waals surface area contributed by atoms with Gasteiger partial charge in [0.05, 0.1) is 18.7 Å². The summed E-state index contributed by atoms with van der Waals surface area (Å²) < 4.78 is 5.76. The number of halogens is 1. The number of nitrogens with zero attached hydrogens (tertiary/aromatic N) is 3. The maximum Gasteiger partial charge on any atom is 0.193 e. The fourth-order valence-electron chi connectivity index (χ4n) is 3.06. The molecule has 1 aromatic heterocycles. The average Bonchev–Trinajstić information content (AvgIpc) is 3.09. The van der Waals surface area contributed by atoms with Gasteiger partial charge in [-0.05, 0) is 52.2 Å². The van der Waals surface area contributed by atoms with Gasteiger partial charge < -0.3 is 19.9 Å². The molecule has 1 unspecified atom stereocenters. The van der Waals surface area contributed by atoms with Gasteiger partial charge in [0.15, 0.2) is 5.96 Å². The molecule has 0 spiro atoms. The Kier molecular flexibility index (Phi) is 11.0. The zero-order chi connectivity index (χ0) is 17.4. The second-order valence-electron chi connectivity index (χ2n) is 6.33. The van der Waals surface area contributed by atoms with Crippen molar-refractivity contribution in [3.8, 4) is 0 Å². The van der Waals surface area contributed by atoms with E-state index in [-0.39, 0.29) is 24.0 Å². The first-order valence-corrected chi connectivity index (χ1v) is 9.88. The van der Waals surface area contributed by atoms with Crippen molar-refractivity contribution >= 4 is 41.3 Å². The molecule has 25 heavy (non-hydrogen) atoms. The Labute approximate surface area is 173 Å². The smallest absolute Gasteiger partial charge is 0.193 e. The van der Waals surface area contributed by atoms with Gasteiger partial charge in [-0.15, -0.1) is 35.3 Å². The van der Waals surface area contributed by atoms with Crippen LogP contribution in [-0.4, -0.2) is 68.7 Å². The Morgan fingerprint density at radius 3 is 2.64 bits per heavy atom. The third-order valence-electron chi connectivity index (χ3n) is 4.39. The van der Waals surface area contributed by atoms with E-state index in [2.05, 4.69) is 60.6 Å². The van der Waals surface area contributed by atoms with Crippen molar-refractivity contribution in [3.05, 3.63) is 22.4 Å². The van der Waals surface area contributed by atoms with Gasteiger partial charge in [0.2, 0.25) is 0 Å². The molecule has 1 fully saturated rings. The minimum absolute atomic E-state index is 0. The number of ether oxygens (including phenoxy) is 1. The number of hydrogen-bond acceptors (Lipinski definition) is 4. The summed E-state index contributed by atoms with van der Waals surface area (Å²) in [5.74, 6) is 1.04. The first-order valence-electron chi connectivity index (χ1n) is 9.00. The minimum Gasteiger partial charge on any atom is -0.378 e. The van der Waals surface area contributed by atoms with Crippen molar-refractivity contribution in [1.29, 1.82) is 0 Å². The lowest BCUT2D eigenvalue weighted by Gasteiger charge is -2.34. The zero-order valence-electron chi connectivity index (χ0n) is 15.9. The normalized spacial score (nSPS) is 17.5. The van der Waals surface area contributed by atoms with Crippen LogP contribution in [0.2, 0.25) is 0 Å². The second-order valence-corrected chi connectivity index (χ2v) is 7.31. The van der Waals surface area contributed by atoms with Gasteiger partial charge in [0, 0.05) is 31.1 Å². The van der Waals surface area contributed by atoms with Crippen LogP contribution in [0, 0.1) is 0 Å². The molecule has 0 aliphatic carbocycles. The van der Waals surface area contributed by atoms with Crippen molar-refractivity contribution < 1.29 is 4.74 Å². The highest BCUT2D eigenvalue weighted by molar-refractivity contribution is 14.0. The van der Waals surface area contributed by atoms with Gasteiger partial charge in [-0.1, -0.05) is 6.07 Å². The summed E-state index contributed by atoms with van der Waals surface area (Å²) in [6.07, 6.45) is 2.58. The van der Waals surface area contributed by atoms with Crippen molar-refractivity contribution in [2.75, 3.05) is 46.9 Å². The molecule has 2 rings (SSSR count). The second kappa shape index (κ2) is 12.1. The Hall–Kier alpha value is -0.380. The molecule has 0 aromatic carbocycles. The molecule has 1 saturated heterocycles. The fourth-order valence-corrected chi connectivity index (χ4v) is 3.97. The average molecular weight is 480 g/mol. The summed E-state index contributed by atoms with van der Waals surface area (Å²) in [7, 11) is 4.25. The molecule has 144 valence electrons. The van der Waals surface area contributed by atoms with Crippen LogP contribution in [0.1, 0.15) is 37.6 Å². The van der Waals surface area contributed by atoms with Crippen LogP contribution in [0.5, 0.6) is 0 Å². The summed E-state index contributed by atoms with van der Waals surface area (Å²) >= 11 is 1.80. The molecule has 1 atom stereocenters. The number of rotatable bonds is 7. The molecule has 1 aliphatic heterocycles. The maximum atomic E-state index is 5.76. The van der Waals surface area contributed by atoms with Crippen molar-refractivity contribution in [2.24, 2.45) is 4.99 Å². The number of hydrogen-bond donors (Lipinski definition) is 1. The van der Waals surface area contributed by atoms with Crippen LogP contribution in [-0.2, 0) is 4.74 Å². The minimum atomic E-state index is 0. The van der Waals surface area contributed by atoms with Crippen LogP contribution in [0.15, 0.2) is 22.5 Å². The highest BCUT2D eigenvalue weighted by Crippen LogP contribution is 2.23. The van der Waals surface area contributed by atoms with Gasteiger partial charge >= 0.3 is 0 Å². The molecule has 0 saturated carbocycles. The summed E-state index contributed by atoms with van der Waals surface area (Å²) in [4.78, 5) is 10.9. The largest absolute Gasteiger partial charge is 0.378 e. The molecule has 5 nitrogen and oxygen atoms in total. The molecule has 1 N–H and O–H groups in total. The van der Waals surface area contributed by atoms with E-state index in [1.807, 2.05) is 0 Å². The highest BCUT2D eigenvalue weighted by atomic mass is 127. The van der Waals surface area contributed by atoms with Crippen molar-refractivity contribution in [3.63, 3.8) is 0 Å². The number of piperidine rings is 1. The van der Waals surface area contributed by atoms with E-state index in [0.717, 1.165) is 51.6 Å². The first kappa shape index (κ1) is 22.7. The molecule has 1 aromatic rings. The molecule has 0 bridgehead atoms. The molecule has 1 aliphatic rings. The van der Waals surface area contributed by atoms with E-state index < -0.39 is 0 Å². The fraction of sp³-hybridized carbons (Fsp3) is 0.722. The molecule has 2 heterocycles. The Bertz CT molecular complexity index is 487. The number of likely N-dealkylation sites (N-methyl/N-ethyl adjacent to an activating group) is 1. The monoisotopic (exact) mass is 480 g/mol. The van der Waals surface area contributed by atoms with E-state index in [0.29, 0.717) is 12.1 Å². The lowest BCUT2D eigenvalue weighted by Crippen LogP contribution is -2.47. The van der Waals surface area contributed by atoms with Gasteiger partial charge in [-0.25, -0.2) is 0 Å². The molecule has 0 amide bonds. The van der Waals surface area contributed by atoms with Gasteiger partial charge in [-0.3, -0.25) is 4.99 Å². The summed E-state index contributed by atoms with van der Waals surface area (Å²) in [5.41, 5.74) is 0. The zero-order valence-corrected chi connectivity index (χ0v) is 19.0. The SMILES string of the molecule is CCNC(=NCC(c1cccs1)N(C)C)N1CCC(OCC)CC1.I. The van der Waals surface area contributed by atoms with E-state index in [1.165, 1.54) is 4.88 Å². The van der Waals surface area contributed by atoms with Gasteiger partial charge in [-0.2, -0.15) is 0 Å². The van der Waals surface area contributed by atoms with E-state index >= 15 is 0 Å². The van der Waals surface area contributed by atoms with E-state index in [4.69, 9.17) is 9.73 Å². The molecular weight excluding hydrogens is 447 g/mol. The molecule has 0 radical (unpaired) electrons. The lowest BCUT2D eigenvalue weighted by molar-refractivity contribution is 0.0263. The maximum absolute atomic E-state index is 5.76. The number of nitrogens with one attached hydrogen (secondary N) is 1. The molecule has 7 heteroatoms. The number of aliphatic imine (C=N–C) groups is 1. The topological polar surface area (TPSA) is 40.1 Å². The Balaban J connectivity index is 0.00000312. The van der Waals surface area contributed by atoms with Crippen LogP contribution in [0.3, 0.4) is 0 Å². The summed E-state index contributed by atoms with van der Waals surface area (Å²) in [6, 6.07) is 4.65. The molecular formula is C18H33IN4OS. The number of guanidine groups is 1. The Morgan fingerprint density at radius 1 is 1.40 bits per heavy atom. The van der Waals surface area contributed by atoms with E-state index in [9.17, 15) is 0 Å². The van der Waals surface area contributed by atoms with Crippen molar-refractivity contribution in [2.45, 2.75) is 38.8 Å². The quantitative estimate of drug-likeness (QED) is 0.369. The van der Waals surface area contributed by atoms with Gasteiger partial charge in [0.1, 0.15) is 0 Å². The lowest BCUT2D eigenvalue weighted by atomic mass is 10.1. The van der Waals surface area contributed by atoms with Crippen LogP contribution in [0.4, 0.5) is 0 Å². The highest BCUT2D eigenvalue weighted by Gasteiger charge is 2.22.